The Bertz CT molecular complexity index is 848. The summed E-state index contributed by atoms with van der Waals surface area (Å²) in [6.07, 6.45) is 10.2. The summed E-state index contributed by atoms with van der Waals surface area (Å²) in [7, 11) is 0. The van der Waals surface area contributed by atoms with Crippen molar-refractivity contribution < 1.29 is 9.52 Å². The summed E-state index contributed by atoms with van der Waals surface area (Å²) in [5.74, 6) is 3.50. The van der Waals surface area contributed by atoms with Gasteiger partial charge in [0.15, 0.2) is 0 Å². The van der Waals surface area contributed by atoms with Gasteiger partial charge in [0.1, 0.15) is 0 Å². The number of hydrogen-bond acceptors (Lipinski definition) is 6. The fraction of sp³-hybridized carbons (Fsp3) is 0.625. The highest BCUT2D eigenvalue weighted by molar-refractivity contribution is 5.50. The van der Waals surface area contributed by atoms with Crippen LogP contribution in [-0.2, 0) is 6.42 Å². The van der Waals surface area contributed by atoms with Gasteiger partial charge in [-0.3, -0.25) is 9.88 Å². The molecule has 0 bridgehead atoms. The number of rotatable bonds is 7. The lowest BCUT2D eigenvalue weighted by atomic mass is 9.69. The third-order valence-corrected chi connectivity index (χ3v) is 7.05. The number of aliphatic hydroxyl groups excluding tert-OH is 1. The van der Waals surface area contributed by atoms with Crippen molar-refractivity contribution in [1.29, 1.82) is 0 Å². The van der Waals surface area contributed by atoms with Crippen molar-refractivity contribution in [2.75, 3.05) is 19.7 Å². The monoisotopic (exact) mass is 410 g/mol. The van der Waals surface area contributed by atoms with Crippen molar-refractivity contribution >= 4 is 0 Å². The molecule has 1 fully saturated rings. The van der Waals surface area contributed by atoms with Crippen LogP contribution in [0.2, 0.25) is 0 Å². The fourth-order valence-electron chi connectivity index (χ4n) is 5.26. The minimum atomic E-state index is 0.279. The average molecular weight is 411 g/mol. The number of nitrogens with zero attached hydrogens (tertiary/aromatic N) is 4. The van der Waals surface area contributed by atoms with Gasteiger partial charge in [-0.05, 0) is 68.5 Å². The normalized spacial score (nSPS) is 27.6. The second-order valence-electron chi connectivity index (χ2n) is 9.33. The van der Waals surface area contributed by atoms with E-state index in [9.17, 15) is 5.11 Å². The first-order chi connectivity index (χ1) is 14.5. The molecule has 6 heteroatoms. The Labute approximate surface area is 179 Å². The summed E-state index contributed by atoms with van der Waals surface area (Å²) in [5, 5.41) is 18.3. The first-order valence-corrected chi connectivity index (χ1v) is 11.3. The molecule has 3 heterocycles. The van der Waals surface area contributed by atoms with Crippen molar-refractivity contribution in [3.63, 3.8) is 0 Å². The lowest BCUT2D eigenvalue weighted by Crippen LogP contribution is -2.40. The van der Waals surface area contributed by atoms with E-state index in [-0.39, 0.29) is 6.61 Å². The summed E-state index contributed by atoms with van der Waals surface area (Å²) < 4.78 is 5.97. The zero-order valence-corrected chi connectivity index (χ0v) is 18.4. The zero-order chi connectivity index (χ0) is 21.1. The highest BCUT2D eigenvalue weighted by Gasteiger charge is 2.35. The van der Waals surface area contributed by atoms with Crippen molar-refractivity contribution in [2.24, 2.45) is 23.7 Å². The molecule has 0 unspecified atom stereocenters. The van der Waals surface area contributed by atoms with E-state index in [0.29, 0.717) is 41.5 Å². The van der Waals surface area contributed by atoms with Gasteiger partial charge in [0.05, 0.1) is 6.61 Å². The Morgan fingerprint density at radius 2 is 2.03 bits per heavy atom. The van der Waals surface area contributed by atoms with E-state index in [1.165, 1.54) is 12.0 Å². The largest absolute Gasteiger partial charge is 0.421 e. The average Bonchev–Trinajstić information content (AvgIpc) is 3.39. The summed E-state index contributed by atoms with van der Waals surface area (Å²) in [4.78, 5) is 6.55. The van der Waals surface area contributed by atoms with Crippen molar-refractivity contribution in [3.8, 4) is 11.5 Å². The molecule has 0 amide bonds. The molecule has 30 heavy (non-hydrogen) atoms. The number of allylic oxidation sites excluding steroid dienone is 1. The topological polar surface area (TPSA) is 75.3 Å². The molecule has 4 atom stereocenters. The minimum Gasteiger partial charge on any atom is -0.421 e. The van der Waals surface area contributed by atoms with Crippen molar-refractivity contribution in [3.05, 3.63) is 42.1 Å². The number of aromatic nitrogens is 3. The van der Waals surface area contributed by atoms with E-state index in [4.69, 9.17) is 4.42 Å². The number of aliphatic hydroxyl groups is 1. The zero-order valence-electron chi connectivity index (χ0n) is 18.4. The number of hydrogen-bond donors (Lipinski definition) is 1. The predicted molar refractivity (Wildman–Crippen MR) is 117 cm³/mol. The Hall–Kier alpha value is -2.05. The van der Waals surface area contributed by atoms with Crippen LogP contribution in [-0.4, -0.2) is 50.9 Å². The molecule has 2 aliphatic rings. The molecule has 1 aliphatic carbocycles. The van der Waals surface area contributed by atoms with Gasteiger partial charge in [0.2, 0.25) is 11.8 Å². The van der Waals surface area contributed by atoms with Crippen LogP contribution in [0, 0.1) is 23.7 Å². The third kappa shape index (κ3) is 4.65. The second kappa shape index (κ2) is 9.40. The standard InChI is InChI=1S/C24H34N4O2/c1-16(2)22-12-19(13-23-26-27-24(30-23)18-6-8-25-9-7-18)17(3)11-20(22)14-28-10-4-5-21(28)15-29/h6-9,11,16,19-22,29H,4-5,10,12-15H2,1-3H3/t19-,20-,21-,22-/m0/s1. The Balaban J connectivity index is 1.47. The number of likely N-dealkylation sites (tertiary alicyclic amines) is 1. The highest BCUT2D eigenvalue weighted by Crippen LogP contribution is 2.40. The number of pyridine rings is 1. The van der Waals surface area contributed by atoms with E-state index < -0.39 is 0 Å². The molecule has 1 aliphatic heterocycles. The molecule has 0 saturated carbocycles. The molecule has 0 spiro atoms. The van der Waals surface area contributed by atoms with Crippen LogP contribution in [0.4, 0.5) is 0 Å². The van der Waals surface area contributed by atoms with Gasteiger partial charge in [0.25, 0.3) is 0 Å². The fourth-order valence-corrected chi connectivity index (χ4v) is 5.26. The summed E-state index contributed by atoms with van der Waals surface area (Å²) in [6, 6.07) is 4.12. The Kier molecular flexibility index (Phi) is 6.64. The Morgan fingerprint density at radius 3 is 2.77 bits per heavy atom. The summed E-state index contributed by atoms with van der Waals surface area (Å²) in [5.41, 5.74) is 2.34. The van der Waals surface area contributed by atoms with Crippen molar-refractivity contribution in [2.45, 2.75) is 52.5 Å². The first kappa shape index (κ1) is 21.2. The molecular weight excluding hydrogens is 376 g/mol. The van der Waals surface area contributed by atoms with Gasteiger partial charge in [-0.1, -0.05) is 25.5 Å². The Morgan fingerprint density at radius 1 is 1.23 bits per heavy atom. The molecule has 2 aromatic heterocycles. The van der Waals surface area contributed by atoms with E-state index in [2.05, 4.69) is 46.9 Å². The van der Waals surface area contributed by atoms with E-state index in [1.54, 1.807) is 12.4 Å². The molecule has 162 valence electrons. The van der Waals surface area contributed by atoms with Gasteiger partial charge in [-0.25, -0.2) is 0 Å². The molecule has 2 aromatic rings. The van der Waals surface area contributed by atoms with E-state index in [1.807, 2.05) is 12.1 Å². The minimum absolute atomic E-state index is 0.279. The van der Waals surface area contributed by atoms with Crippen LogP contribution in [0.15, 0.2) is 40.6 Å². The SMILES string of the molecule is CC1=C[C@@H](CN2CCC[C@H]2CO)[C@H](C(C)C)C[C@H]1Cc1nnc(-c2ccncc2)o1. The van der Waals surface area contributed by atoms with E-state index >= 15 is 0 Å². The smallest absolute Gasteiger partial charge is 0.247 e. The van der Waals surface area contributed by atoms with Gasteiger partial charge >= 0.3 is 0 Å². The van der Waals surface area contributed by atoms with Crippen LogP contribution in [0.3, 0.4) is 0 Å². The van der Waals surface area contributed by atoms with Gasteiger partial charge in [0, 0.05) is 37.0 Å². The molecule has 1 N–H and O–H groups in total. The van der Waals surface area contributed by atoms with Crippen LogP contribution in [0.1, 0.15) is 45.9 Å². The van der Waals surface area contributed by atoms with Crippen LogP contribution in [0.25, 0.3) is 11.5 Å². The second-order valence-corrected chi connectivity index (χ2v) is 9.33. The maximum Gasteiger partial charge on any atom is 0.247 e. The maximum atomic E-state index is 9.70. The molecule has 0 radical (unpaired) electrons. The molecule has 6 nitrogen and oxygen atoms in total. The molecular formula is C24H34N4O2. The summed E-state index contributed by atoms with van der Waals surface area (Å²) >= 11 is 0. The van der Waals surface area contributed by atoms with Gasteiger partial charge in [-0.15, -0.1) is 10.2 Å². The lowest BCUT2D eigenvalue weighted by Gasteiger charge is -2.39. The molecule has 1 saturated heterocycles. The predicted octanol–water partition coefficient (Wildman–Crippen LogP) is 3.99. The van der Waals surface area contributed by atoms with Crippen molar-refractivity contribution in [1.82, 2.24) is 20.1 Å². The lowest BCUT2D eigenvalue weighted by molar-refractivity contribution is 0.117. The quantitative estimate of drug-likeness (QED) is 0.696. The van der Waals surface area contributed by atoms with Gasteiger partial charge in [-0.2, -0.15) is 0 Å². The maximum absolute atomic E-state index is 9.70. The highest BCUT2D eigenvalue weighted by atomic mass is 16.4. The van der Waals surface area contributed by atoms with Crippen LogP contribution in [0.5, 0.6) is 0 Å². The van der Waals surface area contributed by atoms with E-state index in [0.717, 1.165) is 37.9 Å². The molecule has 0 aromatic carbocycles. The summed E-state index contributed by atoms with van der Waals surface area (Å²) in [6.45, 7) is 9.38. The van der Waals surface area contributed by atoms with Gasteiger partial charge < -0.3 is 9.52 Å². The first-order valence-electron chi connectivity index (χ1n) is 11.3. The third-order valence-electron chi connectivity index (χ3n) is 7.05. The van der Waals surface area contributed by atoms with Crippen LogP contribution >= 0.6 is 0 Å². The molecule has 4 rings (SSSR count). The van der Waals surface area contributed by atoms with Crippen LogP contribution < -0.4 is 0 Å².